The highest BCUT2D eigenvalue weighted by molar-refractivity contribution is 5.91. The van der Waals surface area contributed by atoms with E-state index < -0.39 is 17.7 Å². The Bertz CT molecular complexity index is 1230. The summed E-state index contributed by atoms with van der Waals surface area (Å²) < 4.78 is 46.0. The van der Waals surface area contributed by atoms with Crippen molar-refractivity contribution in [3.05, 3.63) is 102 Å². The lowest BCUT2D eigenvalue weighted by molar-refractivity contribution is -0.137. The summed E-state index contributed by atoms with van der Waals surface area (Å²) in [5, 5.41) is 4.55. The molecule has 0 atom stereocenters. The van der Waals surface area contributed by atoms with Crippen molar-refractivity contribution in [1.82, 2.24) is 9.78 Å². The van der Waals surface area contributed by atoms with Crippen LogP contribution in [0.25, 0.3) is 16.9 Å². The van der Waals surface area contributed by atoms with Crippen molar-refractivity contribution in [3.8, 4) is 22.8 Å². The monoisotopic (exact) mass is 422 g/mol. The highest BCUT2D eigenvalue weighted by Gasteiger charge is 2.31. The summed E-state index contributed by atoms with van der Waals surface area (Å²) in [6.45, 7) is 1.92. The van der Waals surface area contributed by atoms with Crippen molar-refractivity contribution < 1.29 is 22.7 Å². The molecule has 4 nitrogen and oxygen atoms in total. The van der Waals surface area contributed by atoms with Crippen LogP contribution in [0.4, 0.5) is 13.2 Å². The van der Waals surface area contributed by atoms with Gasteiger partial charge in [-0.2, -0.15) is 23.0 Å². The number of carbonyl (C=O) groups excluding carboxylic acids is 1. The Kier molecular flexibility index (Phi) is 5.33. The molecule has 0 aliphatic carbocycles. The fraction of sp³-hybridized carbons (Fsp3) is 0.0833. The molecule has 0 saturated carbocycles. The van der Waals surface area contributed by atoms with Gasteiger partial charge in [0.25, 0.3) is 0 Å². The molecule has 0 aliphatic rings. The van der Waals surface area contributed by atoms with Crippen LogP contribution in [0.5, 0.6) is 5.88 Å². The zero-order valence-electron chi connectivity index (χ0n) is 16.4. The van der Waals surface area contributed by atoms with Crippen LogP contribution >= 0.6 is 0 Å². The van der Waals surface area contributed by atoms with E-state index in [4.69, 9.17) is 4.74 Å². The molecule has 4 aromatic rings. The third kappa shape index (κ3) is 4.50. The Morgan fingerprint density at radius 3 is 2.35 bits per heavy atom. The number of hydrogen-bond acceptors (Lipinski definition) is 3. The first-order chi connectivity index (χ1) is 14.8. The van der Waals surface area contributed by atoms with E-state index in [-0.39, 0.29) is 11.4 Å². The van der Waals surface area contributed by atoms with Crippen molar-refractivity contribution in [2.75, 3.05) is 0 Å². The van der Waals surface area contributed by atoms with Crippen LogP contribution < -0.4 is 4.74 Å². The SMILES string of the molecule is Cc1cccc(-n2nc(-c3ccccc3)cc2OC(=O)c2cccc(C(F)(F)F)c2)c1. The molecule has 7 heteroatoms. The first-order valence-corrected chi connectivity index (χ1v) is 9.43. The number of alkyl halides is 3. The lowest BCUT2D eigenvalue weighted by atomic mass is 10.1. The predicted octanol–water partition coefficient (Wildman–Crippen LogP) is 6.09. The lowest BCUT2D eigenvalue weighted by Gasteiger charge is -2.10. The Morgan fingerprint density at radius 2 is 1.65 bits per heavy atom. The van der Waals surface area contributed by atoms with Gasteiger partial charge in [-0.05, 0) is 42.8 Å². The van der Waals surface area contributed by atoms with Gasteiger partial charge in [0.05, 0.1) is 22.5 Å². The van der Waals surface area contributed by atoms with Gasteiger partial charge in [-0.15, -0.1) is 0 Å². The molecule has 4 rings (SSSR count). The number of carbonyl (C=O) groups is 1. The van der Waals surface area contributed by atoms with Crippen LogP contribution in [0.2, 0.25) is 0 Å². The quantitative estimate of drug-likeness (QED) is 0.374. The molecular formula is C24H17F3N2O2. The highest BCUT2D eigenvalue weighted by atomic mass is 19.4. The molecule has 0 aliphatic heterocycles. The second kappa shape index (κ2) is 8.10. The van der Waals surface area contributed by atoms with Crippen molar-refractivity contribution in [2.24, 2.45) is 0 Å². The van der Waals surface area contributed by atoms with Crippen molar-refractivity contribution >= 4 is 5.97 Å². The summed E-state index contributed by atoms with van der Waals surface area (Å²) >= 11 is 0. The molecule has 0 saturated heterocycles. The third-order valence-corrected chi connectivity index (χ3v) is 4.62. The fourth-order valence-electron chi connectivity index (χ4n) is 3.11. The molecule has 156 valence electrons. The van der Waals surface area contributed by atoms with Gasteiger partial charge in [0.15, 0.2) is 0 Å². The van der Waals surface area contributed by atoms with Gasteiger partial charge >= 0.3 is 12.1 Å². The number of esters is 1. The van der Waals surface area contributed by atoms with E-state index >= 15 is 0 Å². The predicted molar refractivity (Wildman–Crippen MR) is 110 cm³/mol. The van der Waals surface area contributed by atoms with Crippen molar-refractivity contribution in [1.29, 1.82) is 0 Å². The van der Waals surface area contributed by atoms with Crippen molar-refractivity contribution in [3.63, 3.8) is 0 Å². The average Bonchev–Trinajstić information content (AvgIpc) is 3.18. The number of aromatic nitrogens is 2. The van der Waals surface area contributed by atoms with Gasteiger partial charge in [-0.25, -0.2) is 4.79 Å². The smallest absolute Gasteiger partial charge is 0.404 e. The molecule has 0 spiro atoms. The number of aryl methyl sites for hydroxylation is 1. The van der Waals surface area contributed by atoms with Crippen LogP contribution in [-0.2, 0) is 6.18 Å². The largest absolute Gasteiger partial charge is 0.416 e. The van der Waals surface area contributed by atoms with Gasteiger partial charge in [0, 0.05) is 11.6 Å². The lowest BCUT2D eigenvalue weighted by Crippen LogP contribution is -2.13. The summed E-state index contributed by atoms with van der Waals surface area (Å²) in [5.74, 6) is -0.800. The number of nitrogens with zero attached hydrogens (tertiary/aromatic N) is 2. The number of ether oxygens (including phenoxy) is 1. The summed E-state index contributed by atoms with van der Waals surface area (Å²) in [4.78, 5) is 12.7. The molecule has 0 radical (unpaired) electrons. The minimum Gasteiger partial charge on any atom is -0.404 e. The fourth-order valence-corrected chi connectivity index (χ4v) is 3.11. The van der Waals surface area contributed by atoms with E-state index in [9.17, 15) is 18.0 Å². The Balaban J connectivity index is 1.73. The first-order valence-electron chi connectivity index (χ1n) is 9.43. The van der Waals surface area contributed by atoms with E-state index in [1.54, 1.807) is 12.1 Å². The Hall–Kier alpha value is -3.87. The first kappa shape index (κ1) is 20.4. The topological polar surface area (TPSA) is 44.1 Å². The number of halogens is 3. The molecule has 0 fully saturated rings. The molecule has 0 bridgehead atoms. The van der Waals surface area contributed by atoms with Crippen LogP contribution in [0.3, 0.4) is 0 Å². The van der Waals surface area contributed by atoms with E-state index in [2.05, 4.69) is 5.10 Å². The molecule has 0 amide bonds. The van der Waals surface area contributed by atoms with Gasteiger partial charge in [0.2, 0.25) is 5.88 Å². The van der Waals surface area contributed by atoms with Gasteiger partial charge < -0.3 is 4.74 Å². The number of hydrogen-bond donors (Lipinski definition) is 0. The van der Waals surface area contributed by atoms with Crippen LogP contribution in [0, 0.1) is 6.92 Å². The molecule has 0 unspecified atom stereocenters. The molecule has 1 heterocycles. The third-order valence-electron chi connectivity index (χ3n) is 4.62. The molecule has 31 heavy (non-hydrogen) atoms. The normalized spacial score (nSPS) is 11.4. The maximum absolute atomic E-state index is 13.0. The van der Waals surface area contributed by atoms with Crippen LogP contribution in [0.1, 0.15) is 21.5 Å². The van der Waals surface area contributed by atoms with Gasteiger partial charge in [-0.1, -0.05) is 48.5 Å². The minimum atomic E-state index is -4.56. The Morgan fingerprint density at radius 1 is 0.903 bits per heavy atom. The zero-order chi connectivity index (χ0) is 22.0. The Labute approximate surface area is 176 Å². The standard InChI is InChI=1S/C24H17F3N2O2/c1-16-7-5-12-20(13-16)29-22(15-21(28-29)17-8-3-2-4-9-17)31-23(30)18-10-6-11-19(14-18)24(25,26)27/h2-15H,1H3. The van der Waals surface area contributed by atoms with Crippen LogP contribution in [0.15, 0.2) is 84.9 Å². The van der Waals surface area contributed by atoms with E-state index in [1.807, 2.05) is 55.5 Å². The summed E-state index contributed by atoms with van der Waals surface area (Å²) in [5.41, 5.74) is 1.89. The molecule has 0 N–H and O–H groups in total. The summed E-state index contributed by atoms with van der Waals surface area (Å²) in [6, 6.07) is 22.4. The summed E-state index contributed by atoms with van der Waals surface area (Å²) in [7, 11) is 0. The average molecular weight is 422 g/mol. The minimum absolute atomic E-state index is 0.104. The number of benzene rings is 3. The van der Waals surface area contributed by atoms with E-state index in [0.717, 1.165) is 23.3 Å². The van der Waals surface area contributed by atoms with E-state index in [0.29, 0.717) is 11.4 Å². The molecule has 1 aromatic heterocycles. The summed E-state index contributed by atoms with van der Waals surface area (Å²) in [6.07, 6.45) is -4.56. The maximum Gasteiger partial charge on any atom is 0.416 e. The second-order valence-electron chi connectivity index (χ2n) is 6.95. The molecular weight excluding hydrogens is 405 g/mol. The zero-order valence-corrected chi connectivity index (χ0v) is 16.4. The van der Waals surface area contributed by atoms with E-state index in [1.165, 1.54) is 16.8 Å². The van der Waals surface area contributed by atoms with Crippen molar-refractivity contribution in [2.45, 2.75) is 13.1 Å². The van der Waals surface area contributed by atoms with Crippen LogP contribution in [-0.4, -0.2) is 15.7 Å². The van der Waals surface area contributed by atoms with Gasteiger partial charge in [-0.3, -0.25) is 0 Å². The number of rotatable bonds is 4. The maximum atomic E-state index is 13.0. The van der Waals surface area contributed by atoms with Gasteiger partial charge in [0.1, 0.15) is 0 Å². The molecule has 3 aromatic carbocycles. The highest BCUT2D eigenvalue weighted by Crippen LogP contribution is 2.31. The second-order valence-corrected chi connectivity index (χ2v) is 6.95.